The Bertz CT molecular complexity index is 1300. The van der Waals surface area contributed by atoms with Gasteiger partial charge in [-0.25, -0.2) is 4.98 Å². The maximum atomic E-state index is 13.7. The van der Waals surface area contributed by atoms with Gasteiger partial charge in [-0.2, -0.15) is 0 Å². The number of hydrogen-bond donors (Lipinski definition) is 1. The van der Waals surface area contributed by atoms with Gasteiger partial charge in [-0.15, -0.1) is 0 Å². The van der Waals surface area contributed by atoms with Crippen LogP contribution in [-0.2, 0) is 17.8 Å². The van der Waals surface area contributed by atoms with Crippen molar-refractivity contribution in [2.45, 2.75) is 52.1 Å². The van der Waals surface area contributed by atoms with Crippen molar-refractivity contribution in [3.05, 3.63) is 96.1 Å². The molecule has 0 saturated carbocycles. The average molecular weight is 495 g/mol. The zero-order chi connectivity index (χ0) is 25.6. The fourth-order valence-corrected chi connectivity index (χ4v) is 5.36. The summed E-state index contributed by atoms with van der Waals surface area (Å²) in [6.45, 7) is 7.09. The quantitative estimate of drug-likeness (QED) is 0.293. The standard InChI is InChI=1S/C32H38N4O/c1-24(2)19-21-36-30-18-10-9-17-28(30)34-32(36)35-20-11-16-27(23-35)31(37)33-29(26-14-7-4-8-15-26)22-25-12-5-3-6-13-25/h3-10,12-15,17-18,24,27,29H,11,16,19-23H2,1-2H3,(H,33,37). The summed E-state index contributed by atoms with van der Waals surface area (Å²) >= 11 is 0. The van der Waals surface area contributed by atoms with Crippen LogP contribution in [0.2, 0.25) is 0 Å². The summed E-state index contributed by atoms with van der Waals surface area (Å²) in [5.41, 5.74) is 4.57. The van der Waals surface area contributed by atoms with E-state index in [2.05, 4.69) is 89.3 Å². The van der Waals surface area contributed by atoms with Crippen LogP contribution in [0.15, 0.2) is 84.9 Å². The van der Waals surface area contributed by atoms with E-state index in [0.29, 0.717) is 12.5 Å². The second-order valence-corrected chi connectivity index (χ2v) is 10.7. The number of carbonyl (C=O) groups is 1. The molecular weight excluding hydrogens is 456 g/mol. The van der Waals surface area contributed by atoms with E-state index in [1.807, 2.05) is 24.3 Å². The summed E-state index contributed by atoms with van der Waals surface area (Å²) in [6.07, 6.45) is 3.77. The number of amides is 1. The lowest BCUT2D eigenvalue weighted by Crippen LogP contribution is -2.45. The number of anilines is 1. The fraction of sp³-hybridized carbons (Fsp3) is 0.375. The van der Waals surface area contributed by atoms with Gasteiger partial charge >= 0.3 is 0 Å². The number of aromatic nitrogens is 2. The average Bonchev–Trinajstić information content (AvgIpc) is 3.31. The summed E-state index contributed by atoms with van der Waals surface area (Å²) in [7, 11) is 0. The van der Waals surface area contributed by atoms with Crippen LogP contribution in [0.1, 0.15) is 50.3 Å². The lowest BCUT2D eigenvalue weighted by atomic mass is 9.94. The number of carbonyl (C=O) groups excluding carboxylic acids is 1. The first-order chi connectivity index (χ1) is 18.1. The maximum Gasteiger partial charge on any atom is 0.225 e. The Hall–Kier alpha value is -3.60. The van der Waals surface area contributed by atoms with Gasteiger partial charge in [0.15, 0.2) is 0 Å². The molecule has 0 bridgehead atoms. The minimum atomic E-state index is -0.0610. The third-order valence-electron chi connectivity index (χ3n) is 7.44. The molecule has 0 aliphatic carbocycles. The van der Waals surface area contributed by atoms with Crippen molar-refractivity contribution in [3.8, 4) is 0 Å². The predicted octanol–water partition coefficient (Wildman–Crippen LogP) is 6.40. The highest BCUT2D eigenvalue weighted by molar-refractivity contribution is 5.81. The molecule has 4 aromatic rings. The first kappa shape index (κ1) is 25.1. The SMILES string of the molecule is CC(C)CCn1c(N2CCCC(C(=O)NC(Cc3ccccc3)c3ccccc3)C2)nc2ccccc21. The first-order valence-electron chi connectivity index (χ1n) is 13.7. The zero-order valence-electron chi connectivity index (χ0n) is 22.0. The van der Waals surface area contributed by atoms with Crippen LogP contribution in [0, 0.1) is 11.8 Å². The van der Waals surface area contributed by atoms with Crippen molar-refractivity contribution in [1.29, 1.82) is 0 Å². The second kappa shape index (κ2) is 11.6. The van der Waals surface area contributed by atoms with Crippen LogP contribution in [-0.4, -0.2) is 28.5 Å². The molecule has 192 valence electrons. The Morgan fingerprint density at radius 2 is 1.68 bits per heavy atom. The molecule has 1 saturated heterocycles. The molecule has 2 unspecified atom stereocenters. The van der Waals surface area contributed by atoms with Crippen LogP contribution in [0.25, 0.3) is 11.0 Å². The number of rotatable bonds is 9. The third-order valence-corrected chi connectivity index (χ3v) is 7.44. The van der Waals surface area contributed by atoms with Gasteiger partial charge in [0.1, 0.15) is 0 Å². The molecule has 2 atom stereocenters. The number of benzene rings is 3. The number of imidazole rings is 1. The van der Waals surface area contributed by atoms with Crippen LogP contribution >= 0.6 is 0 Å². The topological polar surface area (TPSA) is 50.2 Å². The zero-order valence-corrected chi connectivity index (χ0v) is 22.0. The van der Waals surface area contributed by atoms with Crippen LogP contribution in [0.3, 0.4) is 0 Å². The Kier molecular flexibility index (Phi) is 7.88. The van der Waals surface area contributed by atoms with E-state index in [0.717, 1.165) is 55.8 Å². The number of nitrogens with one attached hydrogen (secondary N) is 1. The molecular formula is C32H38N4O. The molecule has 5 heteroatoms. The molecule has 1 aliphatic heterocycles. The van der Waals surface area contributed by atoms with Gasteiger partial charge in [0.05, 0.1) is 23.0 Å². The Morgan fingerprint density at radius 3 is 2.43 bits per heavy atom. The summed E-state index contributed by atoms with van der Waals surface area (Å²) in [6, 6.07) is 29.1. The molecule has 2 heterocycles. The van der Waals surface area contributed by atoms with E-state index < -0.39 is 0 Å². The van der Waals surface area contributed by atoms with Gasteiger partial charge in [-0.1, -0.05) is 86.6 Å². The fourth-order valence-electron chi connectivity index (χ4n) is 5.36. The maximum absolute atomic E-state index is 13.7. The molecule has 1 N–H and O–H groups in total. The van der Waals surface area contributed by atoms with Crippen molar-refractivity contribution in [2.24, 2.45) is 11.8 Å². The molecule has 1 amide bonds. The molecule has 3 aromatic carbocycles. The Labute approximate surface area is 220 Å². The van der Waals surface area contributed by atoms with Crippen molar-refractivity contribution in [1.82, 2.24) is 14.9 Å². The minimum Gasteiger partial charge on any atom is -0.349 e. The van der Waals surface area contributed by atoms with Crippen molar-refractivity contribution in [2.75, 3.05) is 18.0 Å². The first-order valence-corrected chi connectivity index (χ1v) is 13.7. The number of para-hydroxylation sites is 2. The second-order valence-electron chi connectivity index (χ2n) is 10.7. The molecule has 1 aliphatic rings. The Morgan fingerprint density at radius 1 is 0.973 bits per heavy atom. The highest BCUT2D eigenvalue weighted by Gasteiger charge is 2.30. The van der Waals surface area contributed by atoms with E-state index in [4.69, 9.17) is 4.98 Å². The summed E-state index contributed by atoms with van der Waals surface area (Å²) in [4.78, 5) is 21.0. The monoisotopic (exact) mass is 494 g/mol. The van der Waals surface area contributed by atoms with E-state index in [1.54, 1.807) is 0 Å². The van der Waals surface area contributed by atoms with Gasteiger partial charge in [-0.05, 0) is 54.9 Å². The van der Waals surface area contributed by atoms with Gasteiger partial charge in [-0.3, -0.25) is 4.79 Å². The van der Waals surface area contributed by atoms with E-state index >= 15 is 0 Å². The van der Waals surface area contributed by atoms with E-state index in [1.165, 1.54) is 11.1 Å². The molecule has 1 fully saturated rings. The largest absolute Gasteiger partial charge is 0.349 e. The molecule has 1 aromatic heterocycles. The lowest BCUT2D eigenvalue weighted by molar-refractivity contribution is -0.126. The lowest BCUT2D eigenvalue weighted by Gasteiger charge is -2.34. The van der Waals surface area contributed by atoms with Gasteiger partial charge in [0.25, 0.3) is 0 Å². The van der Waals surface area contributed by atoms with Crippen molar-refractivity contribution in [3.63, 3.8) is 0 Å². The number of hydrogen-bond acceptors (Lipinski definition) is 3. The number of aryl methyl sites for hydroxylation is 1. The van der Waals surface area contributed by atoms with E-state index in [-0.39, 0.29) is 17.9 Å². The van der Waals surface area contributed by atoms with Gasteiger partial charge < -0.3 is 14.8 Å². The summed E-state index contributed by atoms with van der Waals surface area (Å²) < 4.78 is 2.36. The minimum absolute atomic E-state index is 0.0536. The number of fused-ring (bicyclic) bond motifs is 1. The molecule has 0 spiro atoms. The highest BCUT2D eigenvalue weighted by Crippen LogP contribution is 2.29. The van der Waals surface area contributed by atoms with Gasteiger partial charge in [0, 0.05) is 19.6 Å². The van der Waals surface area contributed by atoms with Crippen LogP contribution < -0.4 is 10.2 Å². The van der Waals surface area contributed by atoms with E-state index in [9.17, 15) is 4.79 Å². The molecule has 5 rings (SSSR count). The molecule has 0 radical (unpaired) electrons. The van der Waals surface area contributed by atoms with Crippen LogP contribution in [0.4, 0.5) is 5.95 Å². The Balaban J connectivity index is 1.35. The molecule has 37 heavy (non-hydrogen) atoms. The van der Waals surface area contributed by atoms with Crippen LogP contribution in [0.5, 0.6) is 0 Å². The summed E-state index contributed by atoms with van der Waals surface area (Å²) in [5, 5.41) is 3.41. The highest BCUT2D eigenvalue weighted by atomic mass is 16.2. The molecule has 5 nitrogen and oxygen atoms in total. The number of piperidine rings is 1. The number of nitrogens with zero attached hydrogens (tertiary/aromatic N) is 3. The third kappa shape index (κ3) is 6.04. The smallest absolute Gasteiger partial charge is 0.225 e. The van der Waals surface area contributed by atoms with Crippen molar-refractivity contribution < 1.29 is 4.79 Å². The van der Waals surface area contributed by atoms with Crippen molar-refractivity contribution >= 4 is 22.9 Å². The predicted molar refractivity (Wildman–Crippen MR) is 152 cm³/mol. The summed E-state index contributed by atoms with van der Waals surface area (Å²) in [5.74, 6) is 1.70. The normalized spacial score (nSPS) is 16.7. The van der Waals surface area contributed by atoms with Gasteiger partial charge in [0.2, 0.25) is 11.9 Å².